The van der Waals surface area contributed by atoms with Gasteiger partial charge in [-0.25, -0.2) is 19.3 Å². The molecule has 1 aromatic carbocycles. The molecule has 0 saturated carbocycles. The molecule has 0 bridgehead atoms. The predicted octanol–water partition coefficient (Wildman–Crippen LogP) is 5.62. The van der Waals surface area contributed by atoms with Crippen LogP contribution in [-0.4, -0.2) is 31.4 Å². The molecule has 4 aromatic rings. The van der Waals surface area contributed by atoms with E-state index < -0.39 is 47.8 Å². The number of imidazole rings is 1. The SMILES string of the molecule is CC1(c2ccc(F)cc2)C(=O)Nc2nc(-c3ncn4ccccc34)nc(C(F)(F)CCC(F)(F)F)c21. The fourth-order valence-electron chi connectivity index (χ4n) is 4.33. The van der Waals surface area contributed by atoms with Crippen molar-refractivity contribution >= 4 is 17.2 Å². The Morgan fingerprint density at radius 1 is 1.00 bits per heavy atom. The molecule has 0 saturated heterocycles. The van der Waals surface area contributed by atoms with E-state index in [9.17, 15) is 22.4 Å². The van der Waals surface area contributed by atoms with Crippen molar-refractivity contribution < 1.29 is 31.1 Å². The minimum atomic E-state index is -4.84. The summed E-state index contributed by atoms with van der Waals surface area (Å²) in [6, 6.07) is 9.64. The zero-order valence-electron chi connectivity index (χ0n) is 18.6. The fraction of sp³-hybridized carbons (Fsp3) is 0.250. The molecule has 4 heterocycles. The topological polar surface area (TPSA) is 72.2 Å². The third-order valence-corrected chi connectivity index (χ3v) is 6.24. The van der Waals surface area contributed by atoms with Crippen LogP contribution in [0.5, 0.6) is 0 Å². The highest BCUT2D eigenvalue weighted by Gasteiger charge is 2.52. The standard InChI is InChI=1S/C24H17F6N5O/c1-22(13-5-7-14(25)8-6-13)16-18(23(26,27)9-10-24(28,29)30)32-20(33-19(16)34-21(22)36)17-15-4-2-3-11-35(15)12-31-17/h2-8,11-12H,9-10H2,1H3,(H,32,33,34,36). The monoisotopic (exact) mass is 505 g/mol. The van der Waals surface area contributed by atoms with Crippen LogP contribution in [0.15, 0.2) is 55.0 Å². The summed E-state index contributed by atoms with van der Waals surface area (Å²) in [6.45, 7) is 1.32. The van der Waals surface area contributed by atoms with Crippen LogP contribution in [0, 0.1) is 5.82 Å². The van der Waals surface area contributed by atoms with Gasteiger partial charge < -0.3 is 9.72 Å². The molecule has 0 fully saturated rings. The highest BCUT2D eigenvalue weighted by atomic mass is 19.4. The number of hydrogen-bond acceptors (Lipinski definition) is 4. The summed E-state index contributed by atoms with van der Waals surface area (Å²) < 4.78 is 84.8. The second-order valence-corrected chi connectivity index (χ2v) is 8.61. The maximum absolute atomic E-state index is 15.5. The van der Waals surface area contributed by atoms with Gasteiger partial charge in [-0.3, -0.25) is 4.79 Å². The molecular formula is C24H17F6N5O. The van der Waals surface area contributed by atoms with Gasteiger partial charge in [0.05, 0.1) is 5.52 Å². The highest BCUT2D eigenvalue weighted by Crippen LogP contribution is 2.49. The number of amides is 1. The van der Waals surface area contributed by atoms with Crippen LogP contribution in [0.4, 0.5) is 32.2 Å². The van der Waals surface area contributed by atoms with Crippen LogP contribution < -0.4 is 5.32 Å². The van der Waals surface area contributed by atoms with Crippen molar-refractivity contribution in [1.29, 1.82) is 0 Å². The van der Waals surface area contributed by atoms with Gasteiger partial charge in [0, 0.05) is 24.6 Å². The number of nitrogens with zero attached hydrogens (tertiary/aromatic N) is 4. The first kappa shape index (κ1) is 23.8. The highest BCUT2D eigenvalue weighted by molar-refractivity contribution is 6.08. The Kier molecular flexibility index (Phi) is 5.31. The van der Waals surface area contributed by atoms with E-state index in [0.29, 0.717) is 5.52 Å². The molecule has 0 spiro atoms. The van der Waals surface area contributed by atoms with E-state index in [4.69, 9.17) is 0 Å². The largest absolute Gasteiger partial charge is 0.389 e. The van der Waals surface area contributed by atoms with Gasteiger partial charge in [0.15, 0.2) is 5.82 Å². The summed E-state index contributed by atoms with van der Waals surface area (Å²) in [6.07, 6.45) is -5.13. The first-order valence-corrected chi connectivity index (χ1v) is 10.8. The first-order valence-electron chi connectivity index (χ1n) is 10.8. The Balaban J connectivity index is 1.75. The minimum absolute atomic E-state index is 0.107. The molecule has 1 amide bonds. The van der Waals surface area contributed by atoms with E-state index in [1.54, 1.807) is 28.8 Å². The van der Waals surface area contributed by atoms with Gasteiger partial charge >= 0.3 is 6.18 Å². The number of hydrogen-bond donors (Lipinski definition) is 1. The number of pyridine rings is 1. The molecule has 6 nitrogen and oxygen atoms in total. The first-order chi connectivity index (χ1) is 16.9. The number of anilines is 1. The number of fused-ring (bicyclic) bond motifs is 2. The Bertz CT molecular complexity index is 1480. The van der Waals surface area contributed by atoms with E-state index in [2.05, 4.69) is 20.3 Å². The molecule has 186 valence electrons. The quantitative estimate of drug-likeness (QED) is 0.358. The third kappa shape index (κ3) is 3.86. The number of rotatable bonds is 5. The van der Waals surface area contributed by atoms with Crippen LogP contribution in [0.25, 0.3) is 17.0 Å². The fourth-order valence-corrected chi connectivity index (χ4v) is 4.33. The molecule has 0 radical (unpaired) electrons. The Hall–Kier alpha value is -3.96. The molecule has 3 aromatic heterocycles. The van der Waals surface area contributed by atoms with Gasteiger partial charge in [-0.15, -0.1) is 0 Å². The molecular weight excluding hydrogens is 488 g/mol. The lowest BCUT2D eigenvalue weighted by Gasteiger charge is -2.27. The lowest BCUT2D eigenvalue weighted by molar-refractivity contribution is -0.153. The predicted molar refractivity (Wildman–Crippen MR) is 117 cm³/mol. The molecule has 1 atom stereocenters. The Labute approximate surface area is 200 Å². The van der Waals surface area contributed by atoms with E-state index >= 15 is 8.78 Å². The van der Waals surface area contributed by atoms with Crippen molar-refractivity contribution in [1.82, 2.24) is 19.4 Å². The van der Waals surface area contributed by atoms with E-state index in [1.807, 2.05) is 0 Å². The number of carbonyl (C=O) groups is 1. The smallest absolute Gasteiger partial charge is 0.309 e. The lowest BCUT2D eigenvalue weighted by atomic mass is 9.76. The van der Waals surface area contributed by atoms with Crippen LogP contribution in [0.2, 0.25) is 0 Å². The van der Waals surface area contributed by atoms with Crippen molar-refractivity contribution in [3.63, 3.8) is 0 Å². The van der Waals surface area contributed by atoms with Gasteiger partial charge in [0.25, 0.3) is 5.92 Å². The maximum atomic E-state index is 15.5. The molecule has 1 aliphatic rings. The summed E-state index contributed by atoms with van der Waals surface area (Å²) in [7, 11) is 0. The summed E-state index contributed by atoms with van der Waals surface area (Å²) in [5.41, 5.74) is -2.47. The average Bonchev–Trinajstić information content (AvgIpc) is 3.36. The summed E-state index contributed by atoms with van der Waals surface area (Å²) in [5, 5.41) is 2.46. The Morgan fingerprint density at radius 3 is 2.42 bits per heavy atom. The molecule has 1 aliphatic heterocycles. The summed E-state index contributed by atoms with van der Waals surface area (Å²) >= 11 is 0. The van der Waals surface area contributed by atoms with Gasteiger partial charge in [-0.05, 0) is 36.8 Å². The lowest BCUT2D eigenvalue weighted by Crippen LogP contribution is -2.35. The summed E-state index contributed by atoms with van der Waals surface area (Å²) in [4.78, 5) is 25.6. The van der Waals surface area contributed by atoms with Crippen LogP contribution in [0.3, 0.4) is 0 Å². The number of alkyl halides is 5. The average molecular weight is 505 g/mol. The van der Waals surface area contributed by atoms with Gasteiger partial charge in [-0.2, -0.15) is 22.0 Å². The van der Waals surface area contributed by atoms with Crippen LogP contribution in [0.1, 0.15) is 36.6 Å². The van der Waals surface area contributed by atoms with E-state index in [0.717, 1.165) is 12.1 Å². The van der Waals surface area contributed by atoms with Crippen LogP contribution in [-0.2, 0) is 16.1 Å². The van der Waals surface area contributed by atoms with Crippen molar-refractivity contribution in [2.45, 2.75) is 37.3 Å². The number of aromatic nitrogens is 4. The summed E-state index contributed by atoms with van der Waals surface area (Å²) in [5.74, 6) is -6.00. The Morgan fingerprint density at radius 2 is 1.72 bits per heavy atom. The molecule has 5 rings (SSSR count). The molecule has 36 heavy (non-hydrogen) atoms. The van der Waals surface area contributed by atoms with Crippen molar-refractivity contribution in [2.75, 3.05) is 5.32 Å². The van der Waals surface area contributed by atoms with Crippen LogP contribution >= 0.6 is 0 Å². The molecule has 1 unspecified atom stereocenters. The van der Waals surface area contributed by atoms with Gasteiger partial charge in [0.1, 0.15) is 34.8 Å². The third-order valence-electron chi connectivity index (χ3n) is 6.24. The number of carbonyl (C=O) groups excluding carboxylic acids is 1. The molecule has 0 aliphatic carbocycles. The molecule has 1 N–H and O–H groups in total. The second-order valence-electron chi connectivity index (χ2n) is 8.61. The number of benzene rings is 1. The van der Waals surface area contributed by atoms with E-state index in [-0.39, 0.29) is 28.5 Å². The minimum Gasteiger partial charge on any atom is -0.309 e. The normalized spacial score (nSPS) is 17.9. The van der Waals surface area contributed by atoms with Gasteiger partial charge in [-0.1, -0.05) is 18.2 Å². The zero-order chi connectivity index (χ0) is 25.9. The molecule has 12 heteroatoms. The van der Waals surface area contributed by atoms with E-state index in [1.165, 1.54) is 25.4 Å². The van der Waals surface area contributed by atoms with Crippen molar-refractivity contribution in [3.05, 3.63) is 77.6 Å². The van der Waals surface area contributed by atoms with Gasteiger partial charge in [0.2, 0.25) is 5.91 Å². The van der Waals surface area contributed by atoms with Crippen molar-refractivity contribution in [3.8, 4) is 11.5 Å². The zero-order valence-corrected chi connectivity index (χ0v) is 18.6. The number of nitrogens with one attached hydrogen (secondary N) is 1. The second kappa shape index (κ2) is 8.04. The van der Waals surface area contributed by atoms with Crippen molar-refractivity contribution in [2.24, 2.45) is 0 Å². The number of halogens is 6. The maximum Gasteiger partial charge on any atom is 0.389 e.